The molecule has 0 radical (unpaired) electrons. The zero-order valence-electron chi connectivity index (χ0n) is 11.4. The lowest BCUT2D eigenvalue weighted by molar-refractivity contribution is -0.154. The molecule has 1 amide bonds. The molecule has 108 valence electrons. The largest absolute Gasteiger partial charge is 0.479 e. The van der Waals surface area contributed by atoms with Crippen LogP contribution < -0.4 is 0 Å². The zero-order valence-corrected chi connectivity index (χ0v) is 11.4. The van der Waals surface area contributed by atoms with E-state index >= 15 is 0 Å². The molecule has 1 N–H and O–H groups in total. The Morgan fingerprint density at radius 1 is 1.50 bits per heavy atom. The molecule has 20 heavy (non-hydrogen) atoms. The summed E-state index contributed by atoms with van der Waals surface area (Å²) in [4.78, 5) is 32.9. The van der Waals surface area contributed by atoms with Gasteiger partial charge in [-0.15, -0.1) is 0 Å². The number of carboxylic acid groups (broad SMARTS) is 1. The van der Waals surface area contributed by atoms with Crippen LogP contribution in [0, 0.1) is 0 Å². The average molecular weight is 279 g/mol. The van der Waals surface area contributed by atoms with Crippen molar-refractivity contribution in [1.82, 2.24) is 14.9 Å². The molecule has 1 atom stereocenters. The Kier molecular flexibility index (Phi) is 4.29. The molecule has 2 rings (SSSR count). The first-order valence-corrected chi connectivity index (χ1v) is 6.44. The molecule has 1 aliphatic heterocycles. The number of nitrogens with zero attached hydrogens (tertiary/aromatic N) is 3. The molecule has 1 aromatic rings. The van der Waals surface area contributed by atoms with Crippen LogP contribution in [0.4, 0.5) is 0 Å². The average Bonchev–Trinajstić information content (AvgIpc) is 2.46. The number of amides is 1. The zero-order chi connectivity index (χ0) is 14.7. The summed E-state index contributed by atoms with van der Waals surface area (Å²) in [7, 11) is 0. The summed E-state index contributed by atoms with van der Waals surface area (Å²) in [6, 6.07) is 0. The van der Waals surface area contributed by atoms with Gasteiger partial charge in [0.05, 0.1) is 24.4 Å². The highest BCUT2D eigenvalue weighted by Gasteiger charge is 2.30. The van der Waals surface area contributed by atoms with E-state index in [1.165, 1.54) is 17.4 Å². The van der Waals surface area contributed by atoms with Gasteiger partial charge in [0.25, 0.3) is 5.91 Å². The smallest absolute Gasteiger partial charge is 0.334 e. The molecule has 7 nitrogen and oxygen atoms in total. The summed E-state index contributed by atoms with van der Waals surface area (Å²) in [5.74, 6) is -1.21. The van der Waals surface area contributed by atoms with Gasteiger partial charge in [0.1, 0.15) is 6.33 Å². The number of carbonyl (C=O) groups is 2. The Bertz CT molecular complexity index is 518. The van der Waals surface area contributed by atoms with Gasteiger partial charge < -0.3 is 14.7 Å². The molecule has 0 spiro atoms. The monoisotopic (exact) mass is 279 g/mol. The highest BCUT2D eigenvalue weighted by Crippen LogP contribution is 2.18. The van der Waals surface area contributed by atoms with E-state index < -0.39 is 12.1 Å². The van der Waals surface area contributed by atoms with Gasteiger partial charge >= 0.3 is 5.97 Å². The predicted octanol–water partition coefficient (Wildman–Crippen LogP) is 0.526. The van der Waals surface area contributed by atoms with E-state index in [-0.39, 0.29) is 25.0 Å². The van der Waals surface area contributed by atoms with Crippen LogP contribution >= 0.6 is 0 Å². The summed E-state index contributed by atoms with van der Waals surface area (Å²) in [5, 5.41) is 8.96. The van der Waals surface area contributed by atoms with Crippen LogP contribution in [0.15, 0.2) is 12.5 Å². The van der Waals surface area contributed by atoms with E-state index in [1.54, 1.807) is 0 Å². The minimum atomic E-state index is -1.06. The number of hydrogen-bond donors (Lipinski definition) is 1. The standard InChI is InChI=1S/C13H17N3O4/c1-8(2)11-9(5-14-7-15-11)12(17)16-3-4-20-10(6-16)13(18)19/h5,7-8,10H,3-4,6H2,1-2H3,(H,18,19)/t10-/m1/s1. The molecule has 2 heterocycles. The first-order valence-electron chi connectivity index (χ1n) is 6.44. The van der Waals surface area contributed by atoms with Crippen LogP contribution in [0.2, 0.25) is 0 Å². The van der Waals surface area contributed by atoms with Crippen molar-refractivity contribution in [2.45, 2.75) is 25.9 Å². The fraction of sp³-hybridized carbons (Fsp3) is 0.538. The van der Waals surface area contributed by atoms with Crippen LogP contribution in [-0.2, 0) is 9.53 Å². The van der Waals surface area contributed by atoms with Crippen molar-refractivity contribution in [3.8, 4) is 0 Å². The molecule has 1 aliphatic rings. The second-order valence-electron chi connectivity index (χ2n) is 4.93. The lowest BCUT2D eigenvalue weighted by Crippen LogP contribution is -2.48. The fourth-order valence-electron chi connectivity index (χ4n) is 2.12. The van der Waals surface area contributed by atoms with E-state index in [0.29, 0.717) is 17.8 Å². The van der Waals surface area contributed by atoms with Gasteiger partial charge in [0, 0.05) is 12.7 Å². The van der Waals surface area contributed by atoms with Crippen LogP contribution in [0.1, 0.15) is 35.8 Å². The van der Waals surface area contributed by atoms with Gasteiger partial charge in [-0.05, 0) is 5.92 Å². The molecule has 7 heteroatoms. The van der Waals surface area contributed by atoms with Crippen molar-refractivity contribution < 1.29 is 19.4 Å². The lowest BCUT2D eigenvalue weighted by Gasteiger charge is -2.31. The van der Waals surface area contributed by atoms with Crippen molar-refractivity contribution >= 4 is 11.9 Å². The molecular formula is C13H17N3O4. The Hall–Kier alpha value is -2.02. The molecule has 0 saturated carbocycles. The molecule has 0 bridgehead atoms. The Labute approximate surface area is 116 Å². The van der Waals surface area contributed by atoms with Gasteiger partial charge in [-0.25, -0.2) is 14.8 Å². The predicted molar refractivity (Wildman–Crippen MR) is 69.4 cm³/mol. The maximum Gasteiger partial charge on any atom is 0.334 e. The number of morpholine rings is 1. The Morgan fingerprint density at radius 2 is 2.25 bits per heavy atom. The van der Waals surface area contributed by atoms with E-state index in [4.69, 9.17) is 9.84 Å². The first-order chi connectivity index (χ1) is 9.50. The minimum Gasteiger partial charge on any atom is -0.479 e. The molecule has 0 aromatic carbocycles. The summed E-state index contributed by atoms with van der Waals surface area (Å²) in [5.41, 5.74) is 1.09. The quantitative estimate of drug-likeness (QED) is 0.867. The highest BCUT2D eigenvalue weighted by molar-refractivity contribution is 5.95. The van der Waals surface area contributed by atoms with Crippen molar-refractivity contribution in [1.29, 1.82) is 0 Å². The van der Waals surface area contributed by atoms with E-state index in [1.807, 2.05) is 13.8 Å². The van der Waals surface area contributed by atoms with Gasteiger partial charge in [0.2, 0.25) is 0 Å². The first kappa shape index (κ1) is 14.4. The third-order valence-electron chi connectivity index (χ3n) is 3.15. The molecule has 0 unspecified atom stereocenters. The van der Waals surface area contributed by atoms with E-state index in [0.717, 1.165) is 0 Å². The normalized spacial score (nSPS) is 19.1. The van der Waals surface area contributed by atoms with Gasteiger partial charge in [0.15, 0.2) is 6.10 Å². The summed E-state index contributed by atoms with van der Waals surface area (Å²) in [6.45, 7) is 4.51. The SMILES string of the molecule is CC(C)c1ncncc1C(=O)N1CCO[C@@H](C(=O)O)C1. The van der Waals surface area contributed by atoms with Crippen molar-refractivity contribution in [2.24, 2.45) is 0 Å². The number of carboxylic acids is 1. The maximum atomic E-state index is 12.5. The molecular weight excluding hydrogens is 262 g/mol. The van der Waals surface area contributed by atoms with Crippen LogP contribution in [0.5, 0.6) is 0 Å². The summed E-state index contributed by atoms with van der Waals surface area (Å²) in [6.07, 6.45) is 1.92. The third-order valence-corrected chi connectivity index (χ3v) is 3.15. The number of ether oxygens (including phenoxy) is 1. The van der Waals surface area contributed by atoms with Crippen LogP contribution in [-0.4, -0.2) is 57.7 Å². The van der Waals surface area contributed by atoms with Crippen molar-refractivity contribution in [2.75, 3.05) is 19.7 Å². The molecule has 1 aromatic heterocycles. The van der Waals surface area contributed by atoms with Gasteiger partial charge in [-0.2, -0.15) is 0 Å². The van der Waals surface area contributed by atoms with Crippen LogP contribution in [0.3, 0.4) is 0 Å². The second kappa shape index (κ2) is 5.96. The van der Waals surface area contributed by atoms with E-state index in [9.17, 15) is 9.59 Å². The van der Waals surface area contributed by atoms with Crippen molar-refractivity contribution in [3.05, 3.63) is 23.8 Å². The minimum absolute atomic E-state index is 0.0423. The summed E-state index contributed by atoms with van der Waals surface area (Å²) < 4.78 is 5.11. The molecule has 0 aliphatic carbocycles. The Morgan fingerprint density at radius 3 is 2.90 bits per heavy atom. The van der Waals surface area contributed by atoms with Gasteiger partial charge in [-0.1, -0.05) is 13.8 Å². The summed E-state index contributed by atoms with van der Waals surface area (Å²) >= 11 is 0. The molecule has 1 saturated heterocycles. The second-order valence-corrected chi connectivity index (χ2v) is 4.93. The molecule has 1 fully saturated rings. The third kappa shape index (κ3) is 2.93. The number of aromatic nitrogens is 2. The fourth-order valence-corrected chi connectivity index (χ4v) is 2.12. The van der Waals surface area contributed by atoms with Crippen molar-refractivity contribution in [3.63, 3.8) is 0 Å². The Balaban J connectivity index is 2.21. The highest BCUT2D eigenvalue weighted by atomic mass is 16.5. The van der Waals surface area contributed by atoms with Gasteiger partial charge in [-0.3, -0.25) is 4.79 Å². The number of hydrogen-bond acceptors (Lipinski definition) is 5. The topological polar surface area (TPSA) is 92.6 Å². The number of aliphatic carboxylic acids is 1. The van der Waals surface area contributed by atoms with E-state index in [2.05, 4.69) is 9.97 Å². The maximum absolute atomic E-state index is 12.5. The number of rotatable bonds is 3. The van der Waals surface area contributed by atoms with Crippen LogP contribution in [0.25, 0.3) is 0 Å². The lowest BCUT2D eigenvalue weighted by atomic mass is 10.0. The number of carbonyl (C=O) groups excluding carboxylic acids is 1.